The number of carbonyl (C=O) groups excluding carboxylic acids is 4. The van der Waals surface area contributed by atoms with Crippen molar-refractivity contribution in [2.24, 2.45) is 17.8 Å². The Morgan fingerprint density at radius 3 is 2.51 bits per heavy atom. The Morgan fingerprint density at radius 1 is 1.10 bits per heavy atom. The summed E-state index contributed by atoms with van der Waals surface area (Å²) in [7, 11) is -2.66. The van der Waals surface area contributed by atoms with E-state index in [1.165, 1.54) is 30.3 Å². The van der Waals surface area contributed by atoms with Crippen LogP contribution in [0.2, 0.25) is 0 Å². The van der Waals surface area contributed by atoms with E-state index in [0.717, 1.165) is 6.42 Å². The zero-order valence-electron chi connectivity index (χ0n) is 34.7. The van der Waals surface area contributed by atoms with Crippen LogP contribution in [0.15, 0.2) is 36.5 Å². The van der Waals surface area contributed by atoms with Crippen LogP contribution in [0, 0.1) is 23.6 Å². The Balaban J connectivity index is 1.24. The number of methoxy groups -OCH3 is 1. The standard InChI is InChI=1S/C42H57FN6O9S/c1-7-27-16-24(2)10-8-9-11-29-20-42(29,39(52)47-59(54,55)41(5)13-14-41)46-36(50)33-18-30(58-37-31-19-32(43)34(56-6)17-28(31)12-15-44-37)23-49(33)38(51)35(27)45-40(53)48-21-25(3)57-26(4)22-48/h9,11-12,15,17,19,24-27,29-30,33,35H,7-8,10,13-14,16,18,20-23H2,1-6H3,(H,45,53)(H,46,50)(H,47,52)/t24-,25?,26?,27-,29-,30-,33+,35+,42-/m1/s1. The molecule has 1 aromatic carbocycles. The topological polar surface area (TPSA) is 186 Å². The molecule has 17 heteroatoms. The van der Waals surface area contributed by atoms with Crippen LogP contribution < -0.4 is 24.8 Å². The van der Waals surface area contributed by atoms with Crippen LogP contribution >= 0.6 is 0 Å². The lowest BCUT2D eigenvalue weighted by atomic mass is 9.85. The van der Waals surface area contributed by atoms with Crippen LogP contribution in [0.1, 0.15) is 86.0 Å². The highest BCUT2D eigenvalue weighted by molar-refractivity contribution is 7.91. The van der Waals surface area contributed by atoms with Crippen LogP contribution in [0.5, 0.6) is 11.6 Å². The first-order valence-corrected chi connectivity index (χ1v) is 22.3. The fourth-order valence-corrected chi connectivity index (χ4v) is 10.3. The Labute approximate surface area is 345 Å². The van der Waals surface area contributed by atoms with Gasteiger partial charge in [-0.05, 0) is 94.7 Å². The molecule has 2 saturated heterocycles. The molecular weight excluding hydrogens is 784 g/mol. The highest BCUT2D eigenvalue weighted by Crippen LogP contribution is 2.48. The van der Waals surface area contributed by atoms with E-state index >= 15 is 4.79 Å². The Kier molecular flexibility index (Phi) is 11.9. The van der Waals surface area contributed by atoms with Crippen LogP contribution in [0.3, 0.4) is 0 Å². The number of fused-ring (bicyclic) bond motifs is 3. The SMILES string of the molecule is CC[C@@H]1C[C@H](C)CCC=C[C@@H]2C[C@@]2(C(=O)NS(=O)(=O)C2(C)CC2)NC(=O)[C@@H]2C[C@@H](Oc3nccc4cc(OC)c(F)cc34)CN2C(=O)[C@H]1NC(=O)N1CC(C)OC(C)C1. The molecule has 0 bridgehead atoms. The highest BCUT2D eigenvalue weighted by Gasteiger charge is 2.63. The maximum atomic E-state index is 15.2. The largest absolute Gasteiger partial charge is 0.494 e. The number of hydrogen-bond donors (Lipinski definition) is 3. The molecule has 15 nitrogen and oxygen atoms in total. The number of rotatable bonds is 8. The quantitative estimate of drug-likeness (QED) is 0.326. The number of allylic oxidation sites excluding steroid dienone is 1. The molecule has 2 aromatic rings. The van der Waals surface area contributed by atoms with Gasteiger partial charge in [-0.25, -0.2) is 22.6 Å². The van der Waals surface area contributed by atoms with Crippen molar-refractivity contribution in [1.82, 2.24) is 30.1 Å². The summed E-state index contributed by atoms with van der Waals surface area (Å²) in [6.45, 7) is 10.0. The van der Waals surface area contributed by atoms with Gasteiger partial charge >= 0.3 is 6.03 Å². The summed E-state index contributed by atoms with van der Waals surface area (Å²) in [5.74, 6) is -3.09. The van der Waals surface area contributed by atoms with Crippen LogP contribution in [0.4, 0.5) is 9.18 Å². The number of benzene rings is 1. The molecule has 322 valence electrons. The van der Waals surface area contributed by atoms with Crippen molar-refractivity contribution in [3.63, 3.8) is 0 Å². The number of aromatic nitrogens is 1. The molecule has 3 aliphatic heterocycles. The van der Waals surface area contributed by atoms with Crippen LogP contribution in [0.25, 0.3) is 10.8 Å². The first kappa shape index (κ1) is 42.6. The van der Waals surface area contributed by atoms with Gasteiger partial charge in [0.05, 0.1) is 30.6 Å². The minimum absolute atomic E-state index is 0.0325. The summed E-state index contributed by atoms with van der Waals surface area (Å²) in [5, 5.41) is 6.93. The number of nitrogens with one attached hydrogen (secondary N) is 3. The molecule has 2 unspecified atom stereocenters. The fraction of sp³-hybridized carbons (Fsp3) is 0.643. The van der Waals surface area contributed by atoms with E-state index in [0.29, 0.717) is 56.0 Å². The number of carbonyl (C=O) groups is 4. The first-order valence-electron chi connectivity index (χ1n) is 20.8. The van der Waals surface area contributed by atoms with Crippen molar-refractivity contribution in [2.75, 3.05) is 26.7 Å². The molecule has 9 atom stereocenters. The number of hydrogen-bond acceptors (Lipinski definition) is 10. The van der Waals surface area contributed by atoms with Crippen LogP contribution in [-0.4, -0.2) is 114 Å². The van der Waals surface area contributed by atoms with Crippen LogP contribution in [-0.2, 0) is 29.1 Å². The van der Waals surface area contributed by atoms with Crippen molar-refractivity contribution in [1.29, 1.82) is 0 Å². The van der Waals surface area contributed by atoms with Gasteiger partial charge in [0.1, 0.15) is 23.7 Å². The lowest BCUT2D eigenvalue weighted by molar-refractivity contribution is -0.142. The van der Waals surface area contributed by atoms with Gasteiger partial charge in [0.2, 0.25) is 27.7 Å². The molecule has 4 fully saturated rings. The number of sulfonamides is 1. The van der Waals surface area contributed by atoms with E-state index in [1.807, 2.05) is 32.9 Å². The number of nitrogens with zero attached hydrogens (tertiary/aromatic N) is 3. The van der Waals surface area contributed by atoms with E-state index in [1.54, 1.807) is 17.9 Å². The predicted octanol–water partition coefficient (Wildman–Crippen LogP) is 4.19. The number of pyridine rings is 1. The molecule has 1 aromatic heterocycles. The molecule has 0 radical (unpaired) electrons. The minimum Gasteiger partial charge on any atom is -0.494 e. The summed E-state index contributed by atoms with van der Waals surface area (Å²) in [5.41, 5.74) is -1.57. The van der Waals surface area contributed by atoms with Gasteiger partial charge in [0.25, 0.3) is 5.91 Å². The van der Waals surface area contributed by atoms with E-state index in [9.17, 15) is 27.2 Å². The van der Waals surface area contributed by atoms with Gasteiger partial charge in [-0.1, -0.05) is 32.4 Å². The number of ether oxygens (including phenoxy) is 3. The van der Waals surface area contributed by atoms with E-state index in [4.69, 9.17) is 14.2 Å². The molecule has 3 N–H and O–H groups in total. The normalized spacial score (nSPS) is 32.2. The lowest BCUT2D eigenvalue weighted by Crippen LogP contribution is -2.61. The Morgan fingerprint density at radius 2 is 1.83 bits per heavy atom. The average Bonchev–Trinajstić information content (AvgIpc) is 4.07. The van der Waals surface area contributed by atoms with Crippen molar-refractivity contribution < 1.29 is 46.2 Å². The summed E-state index contributed by atoms with van der Waals surface area (Å²) in [6.07, 6.45) is 7.69. The molecule has 7 rings (SSSR count). The van der Waals surface area contributed by atoms with Gasteiger partial charge in [0.15, 0.2) is 11.6 Å². The second kappa shape index (κ2) is 16.5. The fourth-order valence-electron chi connectivity index (χ4n) is 8.94. The summed E-state index contributed by atoms with van der Waals surface area (Å²) in [6, 6.07) is 1.85. The third-order valence-electron chi connectivity index (χ3n) is 12.9. The van der Waals surface area contributed by atoms with Gasteiger partial charge in [-0.15, -0.1) is 0 Å². The number of morpholine rings is 1. The minimum atomic E-state index is -4.03. The molecular formula is C42H57FN6O9S. The first-order chi connectivity index (χ1) is 28.0. The third kappa shape index (κ3) is 8.73. The lowest BCUT2D eigenvalue weighted by Gasteiger charge is -2.38. The smallest absolute Gasteiger partial charge is 0.318 e. The molecule has 5 aliphatic rings. The zero-order chi connectivity index (χ0) is 42.4. The van der Waals surface area contributed by atoms with E-state index in [-0.39, 0.29) is 55.1 Å². The van der Waals surface area contributed by atoms with Crippen molar-refractivity contribution in [3.05, 3.63) is 42.4 Å². The monoisotopic (exact) mass is 840 g/mol. The predicted molar refractivity (Wildman–Crippen MR) is 216 cm³/mol. The maximum Gasteiger partial charge on any atom is 0.318 e. The number of amides is 5. The summed E-state index contributed by atoms with van der Waals surface area (Å²) < 4.78 is 60.1. The van der Waals surface area contributed by atoms with Gasteiger partial charge in [0, 0.05) is 37.0 Å². The molecule has 2 saturated carbocycles. The maximum absolute atomic E-state index is 15.2. The second-order valence-electron chi connectivity index (χ2n) is 17.6. The van der Waals surface area contributed by atoms with Crippen molar-refractivity contribution in [3.8, 4) is 11.6 Å². The van der Waals surface area contributed by atoms with E-state index < -0.39 is 74.0 Å². The summed E-state index contributed by atoms with van der Waals surface area (Å²) in [4.78, 5) is 65.3. The summed E-state index contributed by atoms with van der Waals surface area (Å²) >= 11 is 0. The number of halogens is 1. The van der Waals surface area contributed by atoms with Gasteiger partial charge in [-0.3, -0.25) is 19.1 Å². The molecule has 0 spiro atoms. The highest BCUT2D eigenvalue weighted by atomic mass is 32.2. The molecule has 2 aliphatic carbocycles. The second-order valence-corrected chi connectivity index (χ2v) is 19.8. The van der Waals surface area contributed by atoms with Gasteiger partial charge in [-0.2, -0.15) is 0 Å². The van der Waals surface area contributed by atoms with Gasteiger partial charge < -0.3 is 34.6 Å². The molecule has 59 heavy (non-hydrogen) atoms. The van der Waals surface area contributed by atoms with E-state index in [2.05, 4.69) is 27.3 Å². The average molecular weight is 841 g/mol. The molecule has 5 amide bonds. The Bertz CT molecular complexity index is 2110. The third-order valence-corrected chi connectivity index (χ3v) is 15.0. The van der Waals surface area contributed by atoms with Crippen molar-refractivity contribution >= 4 is 44.5 Å². The Hall–Kier alpha value is -4.51. The zero-order valence-corrected chi connectivity index (χ0v) is 35.5. The number of urea groups is 1. The van der Waals surface area contributed by atoms with Crippen molar-refractivity contribution in [2.45, 2.75) is 127 Å². The molecule has 4 heterocycles.